The minimum Gasteiger partial charge on any atom is -0.448 e. The minimum absolute atomic E-state index is 0.147. The van der Waals surface area contributed by atoms with Crippen LogP contribution in [0.5, 0.6) is 0 Å². The van der Waals surface area contributed by atoms with Gasteiger partial charge in [-0.2, -0.15) is 0 Å². The molecule has 20 heavy (non-hydrogen) atoms. The molecular formula is C13H23N5O2. The number of nitrogens with one attached hydrogen (secondary N) is 2. The van der Waals surface area contributed by atoms with Crippen molar-refractivity contribution in [2.75, 3.05) is 30.3 Å². The van der Waals surface area contributed by atoms with Gasteiger partial charge < -0.3 is 21.1 Å². The standard InChI is InChI=1S/C13H23N5O2/c1-5-15-9-8-10(16-6-7-20-12(14)19)18-11(17-9)13(2,3)4/h8H,5-7H2,1-4H3,(H2,14,19)(H2,15,16,17,18). The van der Waals surface area contributed by atoms with E-state index in [0.717, 1.165) is 18.2 Å². The Labute approximate surface area is 119 Å². The number of aromatic nitrogens is 2. The molecule has 0 saturated heterocycles. The van der Waals surface area contributed by atoms with E-state index >= 15 is 0 Å². The summed E-state index contributed by atoms with van der Waals surface area (Å²) in [5.41, 5.74) is 4.74. The van der Waals surface area contributed by atoms with E-state index < -0.39 is 6.09 Å². The summed E-state index contributed by atoms with van der Waals surface area (Å²) in [5, 5.41) is 6.26. The second-order valence-electron chi connectivity index (χ2n) is 5.34. The first-order valence-corrected chi connectivity index (χ1v) is 6.62. The van der Waals surface area contributed by atoms with Gasteiger partial charge in [-0.15, -0.1) is 0 Å². The van der Waals surface area contributed by atoms with Gasteiger partial charge in [-0.3, -0.25) is 0 Å². The zero-order valence-electron chi connectivity index (χ0n) is 12.5. The second kappa shape index (κ2) is 6.93. The van der Waals surface area contributed by atoms with Crippen molar-refractivity contribution < 1.29 is 9.53 Å². The fourth-order valence-electron chi connectivity index (χ4n) is 1.48. The van der Waals surface area contributed by atoms with Crippen LogP contribution in [0.25, 0.3) is 0 Å². The third kappa shape index (κ3) is 5.29. The van der Waals surface area contributed by atoms with Gasteiger partial charge >= 0.3 is 6.09 Å². The van der Waals surface area contributed by atoms with Gasteiger partial charge in [0.1, 0.15) is 24.1 Å². The van der Waals surface area contributed by atoms with Crippen molar-refractivity contribution in [3.63, 3.8) is 0 Å². The molecule has 4 N–H and O–H groups in total. The molecule has 1 aromatic rings. The van der Waals surface area contributed by atoms with Crippen LogP contribution in [-0.4, -0.2) is 35.8 Å². The monoisotopic (exact) mass is 281 g/mol. The predicted octanol–water partition coefficient (Wildman–Crippen LogP) is 1.71. The highest BCUT2D eigenvalue weighted by Gasteiger charge is 2.19. The third-order valence-corrected chi connectivity index (χ3v) is 2.41. The highest BCUT2D eigenvalue weighted by molar-refractivity contribution is 5.64. The van der Waals surface area contributed by atoms with Gasteiger partial charge in [-0.25, -0.2) is 14.8 Å². The normalized spacial score (nSPS) is 11.0. The zero-order valence-corrected chi connectivity index (χ0v) is 12.5. The molecule has 0 aliphatic heterocycles. The zero-order chi connectivity index (χ0) is 15.2. The summed E-state index contributed by atoms with van der Waals surface area (Å²) in [7, 11) is 0. The molecule has 7 heteroatoms. The van der Waals surface area contributed by atoms with E-state index in [0.29, 0.717) is 12.4 Å². The predicted molar refractivity (Wildman–Crippen MR) is 78.9 cm³/mol. The maximum atomic E-state index is 10.5. The van der Waals surface area contributed by atoms with Gasteiger partial charge in [0.25, 0.3) is 0 Å². The number of nitrogens with two attached hydrogens (primary N) is 1. The summed E-state index contributed by atoms with van der Waals surface area (Å²) in [6.45, 7) is 9.58. The van der Waals surface area contributed by atoms with Crippen molar-refractivity contribution in [2.45, 2.75) is 33.1 Å². The number of rotatable bonds is 6. The van der Waals surface area contributed by atoms with E-state index in [2.05, 4.69) is 46.1 Å². The molecule has 1 heterocycles. The summed E-state index contributed by atoms with van der Waals surface area (Å²) in [5.74, 6) is 2.20. The maximum Gasteiger partial charge on any atom is 0.404 e. The molecule has 0 saturated carbocycles. The van der Waals surface area contributed by atoms with Crippen LogP contribution < -0.4 is 16.4 Å². The number of amides is 1. The van der Waals surface area contributed by atoms with Crippen molar-refractivity contribution in [2.24, 2.45) is 5.73 Å². The lowest BCUT2D eigenvalue weighted by Crippen LogP contribution is -2.21. The smallest absolute Gasteiger partial charge is 0.404 e. The molecule has 0 spiro atoms. The average Bonchev–Trinajstić information content (AvgIpc) is 2.33. The number of carbonyl (C=O) groups is 1. The second-order valence-corrected chi connectivity index (χ2v) is 5.34. The van der Waals surface area contributed by atoms with Crippen LogP contribution in [0.15, 0.2) is 6.07 Å². The van der Waals surface area contributed by atoms with Crippen LogP contribution in [0.4, 0.5) is 16.4 Å². The number of hydrogen-bond acceptors (Lipinski definition) is 6. The van der Waals surface area contributed by atoms with E-state index in [1.54, 1.807) is 0 Å². The first-order valence-electron chi connectivity index (χ1n) is 6.62. The topological polar surface area (TPSA) is 102 Å². The summed E-state index contributed by atoms with van der Waals surface area (Å²) < 4.78 is 4.66. The Bertz CT molecular complexity index is 457. The first kappa shape index (κ1) is 16.0. The molecule has 0 unspecified atom stereocenters. The van der Waals surface area contributed by atoms with Crippen LogP contribution in [0.1, 0.15) is 33.5 Å². The summed E-state index contributed by atoms with van der Waals surface area (Å²) in [6.07, 6.45) is -0.779. The Morgan fingerprint density at radius 2 is 1.90 bits per heavy atom. The lowest BCUT2D eigenvalue weighted by atomic mass is 9.96. The molecule has 0 radical (unpaired) electrons. The fourth-order valence-corrected chi connectivity index (χ4v) is 1.48. The number of anilines is 2. The number of ether oxygens (including phenoxy) is 1. The van der Waals surface area contributed by atoms with Crippen molar-refractivity contribution >= 4 is 17.7 Å². The van der Waals surface area contributed by atoms with Gasteiger partial charge in [0.2, 0.25) is 0 Å². The molecular weight excluding hydrogens is 258 g/mol. The molecule has 0 fully saturated rings. The molecule has 1 rings (SSSR count). The number of nitrogens with zero attached hydrogens (tertiary/aromatic N) is 2. The highest BCUT2D eigenvalue weighted by Crippen LogP contribution is 2.22. The molecule has 7 nitrogen and oxygen atoms in total. The molecule has 0 atom stereocenters. The van der Waals surface area contributed by atoms with Crippen LogP contribution in [-0.2, 0) is 10.2 Å². The molecule has 112 valence electrons. The fraction of sp³-hybridized carbons (Fsp3) is 0.615. The largest absolute Gasteiger partial charge is 0.448 e. The Hall–Kier alpha value is -2.05. The van der Waals surface area contributed by atoms with E-state index in [4.69, 9.17) is 5.73 Å². The minimum atomic E-state index is -0.779. The Morgan fingerprint density at radius 1 is 1.30 bits per heavy atom. The van der Waals surface area contributed by atoms with E-state index in [1.807, 2.05) is 13.0 Å². The quantitative estimate of drug-likeness (QED) is 0.686. The lowest BCUT2D eigenvalue weighted by molar-refractivity contribution is 0.161. The Balaban J connectivity index is 2.78. The van der Waals surface area contributed by atoms with Gasteiger partial charge in [0.05, 0.1) is 6.54 Å². The molecule has 0 aromatic carbocycles. The number of hydrogen-bond donors (Lipinski definition) is 3. The van der Waals surface area contributed by atoms with Crippen LogP contribution in [0.3, 0.4) is 0 Å². The number of primary amides is 1. The van der Waals surface area contributed by atoms with Crippen molar-refractivity contribution in [3.05, 3.63) is 11.9 Å². The lowest BCUT2D eigenvalue weighted by Gasteiger charge is -2.19. The van der Waals surface area contributed by atoms with Gasteiger partial charge in [0.15, 0.2) is 0 Å². The highest BCUT2D eigenvalue weighted by atomic mass is 16.5. The van der Waals surface area contributed by atoms with Gasteiger partial charge in [0, 0.05) is 18.0 Å². The maximum absolute atomic E-state index is 10.5. The van der Waals surface area contributed by atoms with Crippen LogP contribution in [0.2, 0.25) is 0 Å². The molecule has 0 aliphatic carbocycles. The Morgan fingerprint density at radius 3 is 2.40 bits per heavy atom. The van der Waals surface area contributed by atoms with Crippen molar-refractivity contribution in [1.82, 2.24) is 9.97 Å². The van der Waals surface area contributed by atoms with E-state index in [9.17, 15) is 4.79 Å². The summed E-state index contributed by atoms with van der Waals surface area (Å²) >= 11 is 0. The van der Waals surface area contributed by atoms with Crippen LogP contribution >= 0.6 is 0 Å². The Kier molecular flexibility index (Phi) is 5.54. The molecule has 0 bridgehead atoms. The van der Waals surface area contributed by atoms with Gasteiger partial charge in [-0.05, 0) is 6.92 Å². The SMILES string of the molecule is CCNc1cc(NCCOC(N)=O)nc(C(C)(C)C)n1. The summed E-state index contributed by atoms with van der Waals surface area (Å²) in [6, 6.07) is 1.82. The molecule has 1 aromatic heterocycles. The van der Waals surface area contributed by atoms with Crippen LogP contribution in [0, 0.1) is 0 Å². The van der Waals surface area contributed by atoms with Gasteiger partial charge in [-0.1, -0.05) is 20.8 Å². The van der Waals surface area contributed by atoms with E-state index in [1.165, 1.54) is 0 Å². The summed E-state index contributed by atoms with van der Waals surface area (Å²) in [4.78, 5) is 19.4. The average molecular weight is 281 g/mol. The number of carbonyl (C=O) groups excluding carboxylic acids is 1. The van der Waals surface area contributed by atoms with Crippen molar-refractivity contribution in [1.29, 1.82) is 0 Å². The van der Waals surface area contributed by atoms with Crippen molar-refractivity contribution in [3.8, 4) is 0 Å². The molecule has 1 amide bonds. The van der Waals surface area contributed by atoms with E-state index in [-0.39, 0.29) is 12.0 Å². The first-order chi connectivity index (χ1) is 9.32. The molecule has 0 aliphatic rings. The third-order valence-electron chi connectivity index (χ3n) is 2.41.